The van der Waals surface area contributed by atoms with E-state index in [-0.39, 0.29) is 5.91 Å². The van der Waals surface area contributed by atoms with Crippen LogP contribution in [-0.2, 0) is 4.79 Å². The summed E-state index contributed by atoms with van der Waals surface area (Å²) in [7, 11) is 1.72. The van der Waals surface area contributed by atoms with E-state index in [9.17, 15) is 9.90 Å². The van der Waals surface area contributed by atoms with E-state index >= 15 is 0 Å². The van der Waals surface area contributed by atoms with Gasteiger partial charge in [0.15, 0.2) is 6.10 Å². The number of nitrogens with zero attached hydrogens (tertiary/aromatic N) is 2. The number of thioether (sulfide) groups is 1. The van der Waals surface area contributed by atoms with Gasteiger partial charge >= 0.3 is 0 Å². The fraction of sp³-hybridized carbons (Fsp3) is 0.500. The van der Waals surface area contributed by atoms with E-state index in [2.05, 4.69) is 11.8 Å². The van der Waals surface area contributed by atoms with E-state index < -0.39 is 6.10 Å². The lowest BCUT2D eigenvalue weighted by Crippen LogP contribution is -2.36. The van der Waals surface area contributed by atoms with Crippen LogP contribution in [0.4, 0.5) is 11.4 Å². The molecule has 0 aromatic heterocycles. The van der Waals surface area contributed by atoms with Crippen LogP contribution in [0.1, 0.15) is 18.6 Å². The highest BCUT2D eigenvalue weighted by Gasteiger charge is 2.34. The third kappa shape index (κ3) is 2.11. The molecular formula is C14H18N2O2S. The van der Waals surface area contributed by atoms with Crippen molar-refractivity contribution in [1.29, 1.82) is 0 Å². The van der Waals surface area contributed by atoms with Gasteiger partial charge in [-0.1, -0.05) is 13.0 Å². The summed E-state index contributed by atoms with van der Waals surface area (Å²) in [6.07, 6.45) is -0.995. The van der Waals surface area contributed by atoms with Gasteiger partial charge in [0, 0.05) is 42.4 Å². The first-order valence-electron chi connectivity index (χ1n) is 6.54. The van der Waals surface area contributed by atoms with Crippen molar-refractivity contribution in [2.24, 2.45) is 0 Å². The van der Waals surface area contributed by atoms with E-state index in [0.717, 1.165) is 35.8 Å². The van der Waals surface area contributed by atoms with Crippen LogP contribution in [0.3, 0.4) is 0 Å². The van der Waals surface area contributed by atoms with Crippen LogP contribution >= 0.6 is 11.8 Å². The number of anilines is 2. The first kappa shape index (κ1) is 12.8. The van der Waals surface area contributed by atoms with E-state index in [1.54, 1.807) is 11.9 Å². The van der Waals surface area contributed by atoms with Gasteiger partial charge in [0.2, 0.25) is 0 Å². The van der Waals surface area contributed by atoms with Crippen LogP contribution in [0.5, 0.6) is 0 Å². The van der Waals surface area contributed by atoms with Crippen molar-refractivity contribution in [2.75, 3.05) is 35.7 Å². The summed E-state index contributed by atoms with van der Waals surface area (Å²) in [5, 5.41) is 10.5. The molecule has 1 saturated heterocycles. The molecule has 2 unspecified atom stereocenters. The molecule has 1 aromatic carbocycles. The maximum atomic E-state index is 11.8. The zero-order chi connectivity index (χ0) is 13.6. The number of fused-ring (bicyclic) bond motifs is 1. The van der Waals surface area contributed by atoms with E-state index in [4.69, 9.17) is 0 Å². The van der Waals surface area contributed by atoms with Crippen LogP contribution in [0.2, 0.25) is 0 Å². The summed E-state index contributed by atoms with van der Waals surface area (Å²) in [5.41, 5.74) is 2.69. The average Bonchev–Trinajstić information content (AvgIpc) is 2.64. The quantitative estimate of drug-likeness (QED) is 0.848. The van der Waals surface area contributed by atoms with E-state index in [1.165, 1.54) is 0 Å². The Morgan fingerprint density at radius 1 is 1.42 bits per heavy atom. The summed E-state index contributed by atoms with van der Waals surface area (Å²) >= 11 is 2.00. The Morgan fingerprint density at radius 2 is 2.21 bits per heavy atom. The first-order chi connectivity index (χ1) is 9.08. The third-order valence-electron chi connectivity index (χ3n) is 3.84. The van der Waals surface area contributed by atoms with Gasteiger partial charge in [0.1, 0.15) is 0 Å². The van der Waals surface area contributed by atoms with E-state index in [1.807, 2.05) is 30.0 Å². The van der Waals surface area contributed by atoms with Gasteiger partial charge in [-0.15, -0.1) is 0 Å². The Labute approximate surface area is 117 Å². The molecule has 0 saturated carbocycles. The maximum Gasteiger partial charge on any atom is 0.260 e. The maximum absolute atomic E-state index is 11.8. The topological polar surface area (TPSA) is 43.8 Å². The standard InChI is InChI=1S/C14H18N2O2S/c1-9-8-16(5-6-19-9)10-3-4-11-12(7-10)15(2)14(18)13(11)17/h3-4,7,9,13,17H,5-6,8H2,1-2H3. The molecule has 19 heavy (non-hydrogen) atoms. The molecule has 0 bridgehead atoms. The molecule has 102 valence electrons. The van der Waals surface area contributed by atoms with Gasteiger partial charge in [-0.25, -0.2) is 0 Å². The Bertz CT molecular complexity index is 520. The Hall–Kier alpha value is -1.20. The minimum Gasteiger partial charge on any atom is -0.378 e. The summed E-state index contributed by atoms with van der Waals surface area (Å²) in [6.45, 7) is 4.31. The molecule has 1 amide bonds. The molecule has 0 aliphatic carbocycles. The van der Waals surface area contributed by atoms with Crippen molar-refractivity contribution in [3.63, 3.8) is 0 Å². The number of rotatable bonds is 1. The molecule has 0 radical (unpaired) electrons. The Balaban J connectivity index is 1.92. The van der Waals surface area contributed by atoms with Crippen LogP contribution in [0.25, 0.3) is 0 Å². The largest absolute Gasteiger partial charge is 0.378 e. The molecule has 2 aliphatic rings. The van der Waals surface area contributed by atoms with Crippen molar-refractivity contribution >= 4 is 29.0 Å². The molecule has 3 rings (SSSR count). The fourth-order valence-corrected chi connectivity index (χ4v) is 3.75. The first-order valence-corrected chi connectivity index (χ1v) is 7.59. The molecule has 0 spiro atoms. The second-order valence-corrected chi connectivity index (χ2v) is 6.72. The second-order valence-electron chi connectivity index (χ2n) is 5.17. The van der Waals surface area contributed by atoms with Gasteiger partial charge in [0.05, 0.1) is 5.69 Å². The molecule has 1 N–H and O–H groups in total. The average molecular weight is 278 g/mol. The monoisotopic (exact) mass is 278 g/mol. The number of carbonyl (C=O) groups excluding carboxylic acids is 1. The summed E-state index contributed by atoms with van der Waals surface area (Å²) in [6, 6.07) is 5.91. The number of hydrogen-bond donors (Lipinski definition) is 1. The molecular weight excluding hydrogens is 260 g/mol. The van der Waals surface area contributed by atoms with Gasteiger partial charge in [0.25, 0.3) is 5.91 Å². The summed E-state index contributed by atoms with van der Waals surface area (Å²) in [5.74, 6) is 0.894. The van der Waals surface area contributed by atoms with Crippen molar-refractivity contribution in [3.05, 3.63) is 23.8 Å². The van der Waals surface area contributed by atoms with Crippen molar-refractivity contribution in [1.82, 2.24) is 0 Å². The van der Waals surface area contributed by atoms with Crippen LogP contribution < -0.4 is 9.80 Å². The molecule has 2 atom stereocenters. The number of aliphatic hydroxyl groups is 1. The van der Waals surface area contributed by atoms with Gasteiger partial charge in [-0.05, 0) is 12.1 Å². The van der Waals surface area contributed by atoms with Gasteiger partial charge in [-0.2, -0.15) is 11.8 Å². The highest BCUT2D eigenvalue weighted by Crippen LogP contribution is 2.38. The third-order valence-corrected chi connectivity index (χ3v) is 4.98. The molecule has 2 aliphatic heterocycles. The molecule has 5 heteroatoms. The fourth-order valence-electron chi connectivity index (χ4n) is 2.74. The van der Waals surface area contributed by atoms with Crippen LogP contribution in [0.15, 0.2) is 18.2 Å². The summed E-state index contributed by atoms with van der Waals surface area (Å²) in [4.78, 5) is 15.7. The minimum atomic E-state index is -0.995. The Kier molecular flexibility index (Phi) is 3.19. The van der Waals surface area contributed by atoms with E-state index in [0.29, 0.717) is 5.25 Å². The zero-order valence-corrected chi connectivity index (χ0v) is 12.0. The molecule has 1 aromatic rings. The number of hydrogen-bond acceptors (Lipinski definition) is 4. The number of benzene rings is 1. The minimum absolute atomic E-state index is 0.241. The molecule has 4 nitrogen and oxygen atoms in total. The molecule has 2 heterocycles. The predicted molar refractivity (Wildman–Crippen MR) is 78.9 cm³/mol. The summed E-state index contributed by atoms with van der Waals surface area (Å²) < 4.78 is 0. The number of aliphatic hydroxyl groups excluding tert-OH is 1. The predicted octanol–water partition coefficient (Wildman–Crippen LogP) is 1.64. The lowest BCUT2D eigenvalue weighted by molar-refractivity contribution is -0.125. The lowest BCUT2D eigenvalue weighted by Gasteiger charge is -2.32. The normalized spacial score (nSPS) is 26.8. The van der Waals surface area contributed by atoms with Gasteiger partial charge < -0.3 is 14.9 Å². The second kappa shape index (κ2) is 4.72. The van der Waals surface area contributed by atoms with Crippen molar-refractivity contribution < 1.29 is 9.90 Å². The van der Waals surface area contributed by atoms with Gasteiger partial charge in [-0.3, -0.25) is 4.79 Å². The highest BCUT2D eigenvalue weighted by atomic mass is 32.2. The molecule has 1 fully saturated rings. The Morgan fingerprint density at radius 3 is 2.95 bits per heavy atom. The van der Waals surface area contributed by atoms with Crippen molar-refractivity contribution in [2.45, 2.75) is 18.3 Å². The lowest BCUT2D eigenvalue weighted by atomic mass is 10.1. The smallest absolute Gasteiger partial charge is 0.260 e. The highest BCUT2D eigenvalue weighted by molar-refractivity contribution is 8.00. The van der Waals surface area contributed by atoms with Crippen LogP contribution in [-0.4, -0.2) is 42.2 Å². The zero-order valence-electron chi connectivity index (χ0n) is 11.2. The van der Waals surface area contributed by atoms with Crippen LogP contribution in [0, 0.1) is 0 Å². The van der Waals surface area contributed by atoms with Crippen molar-refractivity contribution in [3.8, 4) is 0 Å². The number of amides is 1. The number of likely N-dealkylation sites (N-methyl/N-ethyl adjacent to an activating group) is 1. The SMILES string of the molecule is CC1CN(c2ccc3c(c2)N(C)C(=O)C3O)CCS1. The number of carbonyl (C=O) groups is 1.